The van der Waals surface area contributed by atoms with Gasteiger partial charge in [0.1, 0.15) is 0 Å². The van der Waals surface area contributed by atoms with E-state index in [4.69, 9.17) is 0 Å². The Morgan fingerprint density at radius 3 is 1.25 bits per heavy atom. The molecule has 0 aromatic heterocycles. The molecule has 0 N–H and O–H groups in total. The molecule has 24 heavy (non-hydrogen) atoms. The molecule has 0 fully saturated rings. The Labute approximate surface area is 136 Å². The van der Waals surface area contributed by atoms with Crippen molar-refractivity contribution in [3.8, 4) is 0 Å². The predicted octanol–water partition coefficient (Wildman–Crippen LogP) is 3.99. The molecule has 112 valence electrons. The van der Waals surface area contributed by atoms with Crippen molar-refractivity contribution in [1.82, 2.24) is 0 Å². The Kier molecular flexibility index (Phi) is 2.02. The minimum Gasteiger partial charge on any atom is -0.289 e. The van der Waals surface area contributed by atoms with E-state index in [1.165, 1.54) is 11.1 Å². The van der Waals surface area contributed by atoms with Gasteiger partial charge in [-0.25, -0.2) is 0 Å². The third kappa shape index (κ3) is 1.19. The van der Waals surface area contributed by atoms with Gasteiger partial charge >= 0.3 is 0 Å². The van der Waals surface area contributed by atoms with Gasteiger partial charge in [0.25, 0.3) is 0 Å². The maximum absolute atomic E-state index is 13.1. The van der Waals surface area contributed by atoms with E-state index >= 15 is 0 Å². The third-order valence-corrected chi connectivity index (χ3v) is 5.68. The lowest BCUT2D eigenvalue weighted by Gasteiger charge is -2.22. The number of benzene rings is 3. The molecule has 0 spiro atoms. The Balaban J connectivity index is 2.11. The average Bonchev–Trinajstić information content (AvgIpc) is 3.02. The molecule has 5 aromatic rings. The Morgan fingerprint density at radius 2 is 0.875 bits per heavy atom. The fraction of sp³-hybridized carbons (Fsp3) is 0.0909. The molecule has 2 heteroatoms. The van der Waals surface area contributed by atoms with Crippen molar-refractivity contribution in [3.63, 3.8) is 0 Å². The zero-order chi connectivity index (χ0) is 16.0. The van der Waals surface area contributed by atoms with Crippen LogP contribution in [0.5, 0.6) is 0 Å². The van der Waals surface area contributed by atoms with Crippen molar-refractivity contribution in [2.75, 3.05) is 0 Å². The second-order valence-corrected chi connectivity index (χ2v) is 6.71. The van der Waals surface area contributed by atoms with E-state index in [2.05, 4.69) is 0 Å². The van der Waals surface area contributed by atoms with Crippen molar-refractivity contribution in [2.24, 2.45) is 0 Å². The molecule has 0 saturated heterocycles. The van der Waals surface area contributed by atoms with Gasteiger partial charge in [-0.05, 0) is 45.5 Å². The normalized spacial score (nSPS) is 13.8. The molecular formula is C22H12O2. The van der Waals surface area contributed by atoms with Gasteiger partial charge in [0.2, 0.25) is 0 Å². The first kappa shape index (κ1) is 12.4. The quantitative estimate of drug-likeness (QED) is 0.433. The maximum Gasteiger partial charge on any atom is 0.195 e. The van der Waals surface area contributed by atoms with Crippen molar-refractivity contribution in [2.45, 2.75) is 12.8 Å². The van der Waals surface area contributed by atoms with Crippen LogP contribution < -0.4 is 10.9 Å². The standard InChI is InChI=1S/C22H12O2/c23-21-15-7-3-1-5-11(15)17-13-9-10-14(13)18-12-6-2-4-8-16(12)22(24)20(18)19(17)21/h1-8H,9-10H2. The maximum atomic E-state index is 13.1. The number of aryl methyl sites for hydroxylation is 2. The molecule has 0 saturated carbocycles. The minimum atomic E-state index is 0.00714. The van der Waals surface area contributed by atoms with Crippen molar-refractivity contribution in [1.29, 1.82) is 0 Å². The van der Waals surface area contributed by atoms with E-state index in [0.29, 0.717) is 10.8 Å². The van der Waals surface area contributed by atoms with Crippen molar-refractivity contribution >= 4 is 43.1 Å². The molecular weight excluding hydrogens is 296 g/mol. The van der Waals surface area contributed by atoms with E-state index < -0.39 is 0 Å². The smallest absolute Gasteiger partial charge is 0.195 e. The molecule has 0 bridgehead atoms. The van der Waals surface area contributed by atoms with Gasteiger partial charge in [0.05, 0.1) is 0 Å². The van der Waals surface area contributed by atoms with Gasteiger partial charge in [-0.3, -0.25) is 9.59 Å². The molecule has 0 atom stereocenters. The Hall–Kier alpha value is -3.00. The zero-order valence-electron chi connectivity index (χ0n) is 12.8. The van der Waals surface area contributed by atoms with Gasteiger partial charge in [0.15, 0.2) is 10.9 Å². The van der Waals surface area contributed by atoms with Gasteiger partial charge in [-0.15, -0.1) is 0 Å². The molecule has 1 aliphatic rings. The van der Waals surface area contributed by atoms with E-state index in [1.807, 2.05) is 48.5 Å². The van der Waals surface area contributed by atoms with Crippen LogP contribution in [0.4, 0.5) is 0 Å². The summed E-state index contributed by atoms with van der Waals surface area (Å²) in [5.74, 6) is 0. The molecule has 2 nitrogen and oxygen atoms in total. The fourth-order valence-corrected chi connectivity index (χ4v) is 4.59. The Bertz CT molecular complexity index is 1320. The molecule has 0 aliphatic heterocycles. The highest BCUT2D eigenvalue weighted by Gasteiger charge is 2.28. The highest BCUT2D eigenvalue weighted by atomic mass is 16.1. The van der Waals surface area contributed by atoms with E-state index in [-0.39, 0.29) is 10.9 Å². The van der Waals surface area contributed by atoms with Crippen LogP contribution in [-0.2, 0) is 12.8 Å². The number of hydrogen-bond acceptors (Lipinski definition) is 2. The first-order valence-electron chi connectivity index (χ1n) is 8.27. The van der Waals surface area contributed by atoms with Gasteiger partial charge < -0.3 is 0 Å². The molecule has 5 aromatic carbocycles. The summed E-state index contributed by atoms with van der Waals surface area (Å²) < 4.78 is 0. The van der Waals surface area contributed by atoms with Crippen LogP contribution in [0.15, 0.2) is 58.1 Å². The SMILES string of the molecule is O=c1c2ccccc2c2c3c(c4c5ccccc5c(=O)c4c12)CC3. The number of rotatable bonds is 0. The summed E-state index contributed by atoms with van der Waals surface area (Å²) in [6.45, 7) is 0. The average molecular weight is 308 g/mol. The van der Waals surface area contributed by atoms with Gasteiger partial charge in [-0.1, -0.05) is 48.5 Å². The highest BCUT2D eigenvalue weighted by Crippen LogP contribution is 2.43. The molecule has 6 rings (SSSR count). The lowest BCUT2D eigenvalue weighted by molar-refractivity contribution is 0.866. The summed E-state index contributed by atoms with van der Waals surface area (Å²) in [5, 5.41) is 6.81. The number of hydrogen-bond donors (Lipinski definition) is 0. The summed E-state index contributed by atoms with van der Waals surface area (Å²) in [4.78, 5) is 26.2. The summed E-state index contributed by atoms with van der Waals surface area (Å²) >= 11 is 0. The van der Waals surface area contributed by atoms with E-state index in [0.717, 1.165) is 45.2 Å². The molecule has 0 heterocycles. The molecule has 0 amide bonds. The summed E-state index contributed by atoms with van der Waals surface area (Å²) in [6, 6.07) is 15.5. The second kappa shape index (κ2) is 3.90. The zero-order valence-corrected chi connectivity index (χ0v) is 12.8. The lowest BCUT2D eigenvalue weighted by Crippen LogP contribution is -2.11. The molecule has 0 unspecified atom stereocenters. The van der Waals surface area contributed by atoms with Crippen LogP contribution in [0.25, 0.3) is 43.1 Å². The van der Waals surface area contributed by atoms with E-state index in [9.17, 15) is 9.59 Å². The predicted molar refractivity (Wildman–Crippen MR) is 98.8 cm³/mol. The molecule has 1 aliphatic carbocycles. The minimum absolute atomic E-state index is 0.00714. The Morgan fingerprint density at radius 1 is 0.500 bits per heavy atom. The van der Waals surface area contributed by atoms with Crippen LogP contribution in [0, 0.1) is 0 Å². The summed E-state index contributed by atoms with van der Waals surface area (Å²) in [7, 11) is 0. The van der Waals surface area contributed by atoms with Crippen LogP contribution in [0.3, 0.4) is 0 Å². The van der Waals surface area contributed by atoms with Crippen molar-refractivity contribution < 1.29 is 0 Å². The monoisotopic (exact) mass is 308 g/mol. The summed E-state index contributed by atoms with van der Waals surface area (Å²) in [5.41, 5.74) is 2.55. The summed E-state index contributed by atoms with van der Waals surface area (Å²) in [6.07, 6.45) is 1.98. The highest BCUT2D eigenvalue weighted by molar-refractivity contribution is 6.29. The van der Waals surface area contributed by atoms with Crippen LogP contribution in [0.2, 0.25) is 0 Å². The van der Waals surface area contributed by atoms with Crippen LogP contribution in [0.1, 0.15) is 11.1 Å². The first-order chi connectivity index (χ1) is 11.8. The van der Waals surface area contributed by atoms with E-state index in [1.54, 1.807) is 0 Å². The third-order valence-electron chi connectivity index (χ3n) is 5.68. The van der Waals surface area contributed by atoms with Crippen LogP contribution >= 0.6 is 0 Å². The van der Waals surface area contributed by atoms with Crippen molar-refractivity contribution in [3.05, 3.63) is 80.1 Å². The molecule has 0 radical (unpaired) electrons. The number of fused-ring (bicyclic) bond motifs is 10. The van der Waals surface area contributed by atoms with Crippen LogP contribution in [-0.4, -0.2) is 0 Å². The topological polar surface area (TPSA) is 34.1 Å². The van der Waals surface area contributed by atoms with Gasteiger partial charge in [-0.2, -0.15) is 0 Å². The second-order valence-electron chi connectivity index (χ2n) is 6.71. The fourth-order valence-electron chi connectivity index (χ4n) is 4.59. The first-order valence-corrected chi connectivity index (χ1v) is 8.27. The largest absolute Gasteiger partial charge is 0.289 e. The lowest BCUT2D eigenvalue weighted by atomic mass is 9.81. The van der Waals surface area contributed by atoms with Gasteiger partial charge in [0, 0.05) is 21.5 Å².